The van der Waals surface area contributed by atoms with Crippen LogP contribution in [0.1, 0.15) is 12.5 Å². The number of nitrogens with zero attached hydrogens (tertiary/aromatic N) is 2. The van der Waals surface area contributed by atoms with E-state index in [4.69, 9.17) is 0 Å². The van der Waals surface area contributed by atoms with Crippen molar-refractivity contribution >= 4 is 31.6 Å². The van der Waals surface area contributed by atoms with E-state index in [2.05, 4.69) is 25.6 Å². The highest BCUT2D eigenvalue weighted by molar-refractivity contribution is 9.08. The summed E-state index contributed by atoms with van der Waals surface area (Å²) in [5.74, 6) is 0. The van der Waals surface area contributed by atoms with Gasteiger partial charge in [0.1, 0.15) is 0 Å². The zero-order valence-corrected chi connectivity index (χ0v) is 12.8. The van der Waals surface area contributed by atoms with E-state index in [1.54, 1.807) is 22.8 Å². The monoisotopic (exact) mass is 343 g/mol. The summed E-state index contributed by atoms with van der Waals surface area (Å²) in [6, 6.07) is 7.21. The lowest BCUT2D eigenvalue weighted by Crippen LogP contribution is -2.13. The van der Waals surface area contributed by atoms with Gasteiger partial charge in [0.2, 0.25) is 0 Å². The van der Waals surface area contributed by atoms with Crippen LogP contribution in [-0.4, -0.2) is 18.0 Å². The van der Waals surface area contributed by atoms with Gasteiger partial charge in [-0.15, -0.1) is 0 Å². The first-order chi connectivity index (χ1) is 9.05. The normalized spacial score (nSPS) is 11.5. The molecule has 1 heterocycles. The second kappa shape index (κ2) is 5.75. The van der Waals surface area contributed by atoms with E-state index in [1.807, 2.05) is 13.0 Å². The second-order valence-electron chi connectivity index (χ2n) is 3.98. The SMILES string of the molecule is CCn1cnc(S(=O)(=O)Nc2cccc(CBr)c2)c1. The van der Waals surface area contributed by atoms with Crippen molar-refractivity contribution in [3.63, 3.8) is 0 Å². The first kappa shape index (κ1) is 14.1. The molecular formula is C12H14BrN3O2S. The van der Waals surface area contributed by atoms with Crippen molar-refractivity contribution in [2.24, 2.45) is 0 Å². The number of alkyl halides is 1. The van der Waals surface area contributed by atoms with Crippen LogP contribution in [0.25, 0.3) is 0 Å². The molecule has 0 unspecified atom stereocenters. The number of benzene rings is 1. The summed E-state index contributed by atoms with van der Waals surface area (Å²) in [4.78, 5) is 3.90. The Morgan fingerprint density at radius 3 is 2.84 bits per heavy atom. The quantitative estimate of drug-likeness (QED) is 0.848. The van der Waals surface area contributed by atoms with Crippen LogP contribution < -0.4 is 4.72 Å². The molecule has 2 rings (SSSR count). The van der Waals surface area contributed by atoms with E-state index in [0.29, 0.717) is 17.6 Å². The van der Waals surface area contributed by atoms with E-state index in [1.165, 1.54) is 12.5 Å². The van der Waals surface area contributed by atoms with Gasteiger partial charge >= 0.3 is 0 Å². The van der Waals surface area contributed by atoms with Crippen molar-refractivity contribution in [2.45, 2.75) is 23.8 Å². The molecule has 1 aromatic carbocycles. The molecular weight excluding hydrogens is 330 g/mol. The minimum atomic E-state index is -3.62. The van der Waals surface area contributed by atoms with Crippen LogP contribution in [-0.2, 0) is 21.9 Å². The highest BCUT2D eigenvalue weighted by atomic mass is 79.9. The highest BCUT2D eigenvalue weighted by Gasteiger charge is 2.17. The molecule has 0 aliphatic carbocycles. The standard InChI is InChI=1S/C12H14BrN3O2S/c1-2-16-8-12(14-9-16)19(17,18)15-11-5-3-4-10(6-11)7-13/h3-6,8-9,15H,2,7H2,1H3. The molecule has 2 aromatic rings. The number of nitrogens with one attached hydrogen (secondary N) is 1. The molecule has 0 bridgehead atoms. The Bertz CT molecular complexity index is 667. The van der Waals surface area contributed by atoms with Crippen molar-refractivity contribution in [3.8, 4) is 0 Å². The number of anilines is 1. The summed E-state index contributed by atoms with van der Waals surface area (Å²) in [5, 5.41) is 0.700. The third kappa shape index (κ3) is 3.36. The Hall–Kier alpha value is -1.34. The lowest BCUT2D eigenvalue weighted by atomic mass is 10.2. The van der Waals surface area contributed by atoms with Gasteiger partial charge < -0.3 is 4.57 Å². The van der Waals surface area contributed by atoms with Crippen LogP contribution in [0.4, 0.5) is 5.69 Å². The van der Waals surface area contributed by atoms with Crippen molar-refractivity contribution < 1.29 is 8.42 Å². The number of aromatic nitrogens is 2. The van der Waals surface area contributed by atoms with Gasteiger partial charge in [-0.05, 0) is 24.6 Å². The lowest BCUT2D eigenvalue weighted by molar-refractivity contribution is 0.598. The maximum atomic E-state index is 12.1. The molecule has 0 atom stereocenters. The van der Waals surface area contributed by atoms with Gasteiger partial charge in [0.25, 0.3) is 10.0 Å². The molecule has 0 aliphatic rings. The largest absolute Gasteiger partial charge is 0.336 e. The van der Waals surface area contributed by atoms with Crippen molar-refractivity contribution in [2.75, 3.05) is 4.72 Å². The van der Waals surface area contributed by atoms with Crippen molar-refractivity contribution in [1.29, 1.82) is 0 Å². The Labute approximate surface area is 120 Å². The minimum absolute atomic E-state index is 0.0265. The minimum Gasteiger partial charge on any atom is -0.336 e. The third-order valence-electron chi connectivity index (χ3n) is 2.58. The number of imidazole rings is 1. The molecule has 0 saturated heterocycles. The highest BCUT2D eigenvalue weighted by Crippen LogP contribution is 2.17. The number of halogens is 1. The predicted molar refractivity (Wildman–Crippen MR) is 77.8 cm³/mol. The van der Waals surface area contributed by atoms with Crippen LogP contribution >= 0.6 is 15.9 Å². The topological polar surface area (TPSA) is 64.0 Å². The predicted octanol–water partition coefficient (Wildman–Crippen LogP) is 2.60. The first-order valence-corrected chi connectivity index (χ1v) is 8.35. The van der Waals surface area contributed by atoms with E-state index >= 15 is 0 Å². The zero-order valence-electron chi connectivity index (χ0n) is 10.4. The Morgan fingerprint density at radius 2 is 2.21 bits per heavy atom. The maximum Gasteiger partial charge on any atom is 0.280 e. The van der Waals surface area contributed by atoms with Gasteiger partial charge in [-0.1, -0.05) is 28.1 Å². The number of hydrogen-bond donors (Lipinski definition) is 1. The van der Waals surface area contributed by atoms with Gasteiger partial charge in [-0.25, -0.2) is 4.98 Å². The molecule has 19 heavy (non-hydrogen) atoms. The lowest BCUT2D eigenvalue weighted by Gasteiger charge is -2.06. The summed E-state index contributed by atoms with van der Waals surface area (Å²) < 4.78 is 28.5. The molecule has 1 N–H and O–H groups in total. The van der Waals surface area contributed by atoms with Gasteiger partial charge in [-0.3, -0.25) is 4.72 Å². The molecule has 0 spiro atoms. The average Bonchev–Trinajstić information content (AvgIpc) is 2.88. The molecule has 7 heteroatoms. The van der Waals surface area contributed by atoms with Crippen LogP contribution in [0, 0.1) is 0 Å². The number of aryl methyl sites for hydroxylation is 1. The van der Waals surface area contributed by atoms with E-state index in [0.717, 1.165) is 5.56 Å². The molecule has 1 aromatic heterocycles. The Kier molecular flexibility index (Phi) is 4.26. The van der Waals surface area contributed by atoms with E-state index in [-0.39, 0.29) is 5.03 Å². The summed E-state index contributed by atoms with van der Waals surface area (Å²) in [6.45, 7) is 2.60. The maximum absolute atomic E-state index is 12.1. The summed E-state index contributed by atoms with van der Waals surface area (Å²) >= 11 is 3.34. The first-order valence-electron chi connectivity index (χ1n) is 5.74. The molecule has 0 saturated carbocycles. The summed E-state index contributed by atoms with van der Waals surface area (Å²) in [5.41, 5.74) is 1.53. The van der Waals surface area contributed by atoms with Crippen LogP contribution in [0.2, 0.25) is 0 Å². The Balaban J connectivity index is 2.25. The summed E-state index contributed by atoms with van der Waals surface area (Å²) in [7, 11) is -3.62. The molecule has 0 fully saturated rings. The molecule has 0 amide bonds. The fraction of sp³-hybridized carbons (Fsp3) is 0.250. The van der Waals surface area contributed by atoms with Gasteiger partial charge in [0.15, 0.2) is 5.03 Å². The molecule has 0 aliphatic heterocycles. The van der Waals surface area contributed by atoms with E-state index in [9.17, 15) is 8.42 Å². The van der Waals surface area contributed by atoms with E-state index < -0.39 is 10.0 Å². The third-order valence-corrected chi connectivity index (χ3v) is 4.50. The number of sulfonamides is 1. The average molecular weight is 344 g/mol. The van der Waals surface area contributed by atoms with Crippen LogP contribution in [0.3, 0.4) is 0 Å². The van der Waals surface area contributed by atoms with Crippen molar-refractivity contribution in [1.82, 2.24) is 9.55 Å². The van der Waals surface area contributed by atoms with Gasteiger partial charge in [-0.2, -0.15) is 8.42 Å². The Morgan fingerprint density at radius 1 is 1.42 bits per heavy atom. The number of hydrogen-bond acceptors (Lipinski definition) is 3. The molecule has 0 radical (unpaired) electrons. The van der Waals surface area contributed by atoms with Crippen molar-refractivity contribution in [3.05, 3.63) is 42.4 Å². The fourth-order valence-electron chi connectivity index (χ4n) is 1.58. The second-order valence-corrected chi connectivity index (χ2v) is 6.17. The fourth-order valence-corrected chi connectivity index (χ4v) is 2.93. The van der Waals surface area contributed by atoms with Gasteiger partial charge in [0.05, 0.1) is 6.33 Å². The van der Waals surface area contributed by atoms with Crippen LogP contribution in [0.15, 0.2) is 41.8 Å². The molecule has 102 valence electrons. The number of rotatable bonds is 5. The van der Waals surface area contributed by atoms with Crippen LogP contribution in [0.5, 0.6) is 0 Å². The smallest absolute Gasteiger partial charge is 0.280 e. The van der Waals surface area contributed by atoms with Gasteiger partial charge in [0, 0.05) is 23.8 Å². The molecule has 5 nitrogen and oxygen atoms in total. The zero-order chi connectivity index (χ0) is 13.9. The summed E-state index contributed by atoms with van der Waals surface area (Å²) in [6.07, 6.45) is 3.01.